The number of nitrogens with one attached hydrogen (secondary N) is 2. The predicted molar refractivity (Wildman–Crippen MR) is 94.2 cm³/mol. The number of rotatable bonds is 7. The number of benzene rings is 2. The summed E-state index contributed by atoms with van der Waals surface area (Å²) in [6, 6.07) is 12.2. The van der Waals surface area contributed by atoms with Crippen LogP contribution in [0.2, 0.25) is 0 Å². The molecule has 0 saturated heterocycles. The molecule has 0 heterocycles. The third-order valence-electron chi connectivity index (χ3n) is 3.41. The van der Waals surface area contributed by atoms with Crippen LogP contribution in [0.25, 0.3) is 0 Å². The van der Waals surface area contributed by atoms with Gasteiger partial charge >= 0.3 is 0 Å². The zero-order valence-corrected chi connectivity index (χ0v) is 14.2. The van der Waals surface area contributed by atoms with Crippen molar-refractivity contribution in [1.29, 1.82) is 0 Å². The second-order valence-corrected chi connectivity index (χ2v) is 5.54. The van der Waals surface area contributed by atoms with Crippen LogP contribution in [0.15, 0.2) is 48.5 Å². The Bertz CT molecular complexity index is 749. The Morgan fingerprint density at radius 1 is 1.16 bits per heavy atom. The molecule has 0 aliphatic heterocycles. The Morgan fingerprint density at radius 3 is 2.64 bits per heavy atom. The van der Waals surface area contributed by atoms with Crippen molar-refractivity contribution in [2.75, 3.05) is 11.9 Å². The Kier molecular flexibility index (Phi) is 6.51. The predicted octanol–water partition coefficient (Wildman–Crippen LogP) is 3.37. The first-order valence-corrected chi connectivity index (χ1v) is 8.11. The molecule has 0 bridgehead atoms. The van der Waals surface area contributed by atoms with Crippen molar-refractivity contribution in [2.45, 2.75) is 26.4 Å². The average Bonchev–Trinajstić information content (AvgIpc) is 2.59. The van der Waals surface area contributed by atoms with Crippen molar-refractivity contribution in [1.82, 2.24) is 5.32 Å². The Labute approximate surface area is 146 Å². The average molecular weight is 344 g/mol. The van der Waals surface area contributed by atoms with E-state index in [9.17, 15) is 14.0 Å². The topological polar surface area (TPSA) is 67.4 Å². The van der Waals surface area contributed by atoms with E-state index in [1.807, 2.05) is 6.92 Å². The summed E-state index contributed by atoms with van der Waals surface area (Å²) in [7, 11) is 0. The van der Waals surface area contributed by atoms with Crippen LogP contribution in [0, 0.1) is 5.82 Å². The highest BCUT2D eigenvalue weighted by molar-refractivity contribution is 5.98. The molecule has 0 aromatic heterocycles. The minimum absolute atomic E-state index is 0.193. The van der Waals surface area contributed by atoms with Crippen LogP contribution in [-0.4, -0.2) is 24.5 Å². The Hall–Kier alpha value is -2.89. The van der Waals surface area contributed by atoms with E-state index in [0.29, 0.717) is 17.8 Å². The van der Waals surface area contributed by atoms with Crippen LogP contribution in [0.4, 0.5) is 10.1 Å². The van der Waals surface area contributed by atoms with E-state index in [4.69, 9.17) is 4.74 Å². The van der Waals surface area contributed by atoms with Gasteiger partial charge in [0.25, 0.3) is 11.8 Å². The fourth-order valence-corrected chi connectivity index (χ4v) is 2.12. The summed E-state index contributed by atoms with van der Waals surface area (Å²) >= 11 is 0. The maximum atomic E-state index is 13.2. The van der Waals surface area contributed by atoms with Gasteiger partial charge in [0.1, 0.15) is 11.6 Å². The first kappa shape index (κ1) is 18.4. The molecule has 25 heavy (non-hydrogen) atoms. The smallest absolute Gasteiger partial charge is 0.265 e. The minimum Gasteiger partial charge on any atom is -0.481 e. The molecule has 2 N–H and O–H groups in total. The van der Waals surface area contributed by atoms with E-state index in [1.165, 1.54) is 18.2 Å². The molecule has 0 spiro atoms. The zero-order valence-electron chi connectivity index (χ0n) is 14.2. The third-order valence-corrected chi connectivity index (χ3v) is 3.41. The monoisotopic (exact) mass is 344 g/mol. The van der Waals surface area contributed by atoms with Gasteiger partial charge in [-0.3, -0.25) is 9.59 Å². The van der Waals surface area contributed by atoms with Gasteiger partial charge in [-0.15, -0.1) is 0 Å². The summed E-state index contributed by atoms with van der Waals surface area (Å²) in [6.45, 7) is 4.13. The zero-order chi connectivity index (χ0) is 18.2. The fourth-order valence-electron chi connectivity index (χ4n) is 2.12. The Morgan fingerprint density at radius 2 is 1.92 bits per heavy atom. The van der Waals surface area contributed by atoms with Crippen molar-refractivity contribution in [3.63, 3.8) is 0 Å². The van der Waals surface area contributed by atoms with E-state index < -0.39 is 17.8 Å². The number of hydrogen-bond donors (Lipinski definition) is 2. The van der Waals surface area contributed by atoms with Gasteiger partial charge in [0, 0.05) is 23.9 Å². The first-order valence-electron chi connectivity index (χ1n) is 8.11. The highest BCUT2D eigenvalue weighted by Crippen LogP contribution is 2.15. The maximum absolute atomic E-state index is 13.2. The lowest BCUT2D eigenvalue weighted by atomic mass is 10.2. The molecular weight excluding hydrogens is 323 g/mol. The number of halogens is 1. The van der Waals surface area contributed by atoms with Crippen LogP contribution in [0.1, 0.15) is 30.6 Å². The number of amides is 2. The third kappa shape index (κ3) is 5.60. The standard InChI is InChI=1S/C19H21FN2O3/c1-3-10-21-19(24)14-6-4-8-16(11-14)22-18(23)13(2)25-17-9-5-7-15(20)12-17/h4-9,11-13H,3,10H2,1-2H3,(H,21,24)(H,22,23). The van der Waals surface area contributed by atoms with Crippen LogP contribution >= 0.6 is 0 Å². The summed E-state index contributed by atoms with van der Waals surface area (Å²) in [4.78, 5) is 24.2. The van der Waals surface area contributed by atoms with Gasteiger partial charge in [0.2, 0.25) is 0 Å². The summed E-state index contributed by atoms with van der Waals surface area (Å²) in [5.41, 5.74) is 0.953. The second kappa shape index (κ2) is 8.82. The highest BCUT2D eigenvalue weighted by atomic mass is 19.1. The molecule has 0 radical (unpaired) electrons. The number of anilines is 1. The summed E-state index contributed by atoms with van der Waals surface area (Å²) < 4.78 is 18.6. The first-order chi connectivity index (χ1) is 12.0. The van der Waals surface area contributed by atoms with Crippen LogP contribution in [-0.2, 0) is 4.79 Å². The molecule has 2 aromatic carbocycles. The lowest BCUT2D eigenvalue weighted by Crippen LogP contribution is -2.30. The maximum Gasteiger partial charge on any atom is 0.265 e. The van der Waals surface area contributed by atoms with Crippen LogP contribution < -0.4 is 15.4 Å². The van der Waals surface area contributed by atoms with Gasteiger partial charge in [-0.1, -0.05) is 19.1 Å². The molecule has 2 amide bonds. The van der Waals surface area contributed by atoms with Crippen molar-refractivity contribution < 1.29 is 18.7 Å². The van der Waals surface area contributed by atoms with E-state index in [2.05, 4.69) is 10.6 Å². The molecule has 1 atom stereocenters. The molecule has 0 saturated carbocycles. The molecule has 2 rings (SSSR count). The minimum atomic E-state index is -0.820. The van der Waals surface area contributed by atoms with E-state index in [1.54, 1.807) is 37.3 Å². The highest BCUT2D eigenvalue weighted by Gasteiger charge is 2.16. The quantitative estimate of drug-likeness (QED) is 0.809. The van der Waals surface area contributed by atoms with E-state index in [-0.39, 0.29) is 11.7 Å². The Balaban J connectivity index is 1.98. The molecule has 1 unspecified atom stereocenters. The largest absolute Gasteiger partial charge is 0.481 e. The molecule has 0 fully saturated rings. The molecule has 5 nitrogen and oxygen atoms in total. The second-order valence-electron chi connectivity index (χ2n) is 5.54. The summed E-state index contributed by atoms with van der Waals surface area (Å²) in [5, 5.41) is 5.47. The van der Waals surface area contributed by atoms with Crippen molar-refractivity contribution >= 4 is 17.5 Å². The lowest BCUT2D eigenvalue weighted by Gasteiger charge is -2.15. The number of hydrogen-bond acceptors (Lipinski definition) is 3. The van der Waals surface area contributed by atoms with Gasteiger partial charge in [0.15, 0.2) is 6.10 Å². The molecule has 2 aromatic rings. The van der Waals surface area contributed by atoms with Gasteiger partial charge in [-0.2, -0.15) is 0 Å². The van der Waals surface area contributed by atoms with Gasteiger partial charge in [-0.25, -0.2) is 4.39 Å². The molecule has 0 aliphatic carbocycles. The molecule has 6 heteroatoms. The van der Waals surface area contributed by atoms with Gasteiger partial charge < -0.3 is 15.4 Å². The number of carbonyl (C=O) groups excluding carboxylic acids is 2. The van der Waals surface area contributed by atoms with Crippen molar-refractivity contribution in [3.05, 3.63) is 59.9 Å². The van der Waals surface area contributed by atoms with E-state index in [0.717, 1.165) is 6.42 Å². The summed E-state index contributed by atoms with van der Waals surface area (Å²) in [6.07, 6.45) is 0.0243. The molecule has 0 aliphatic rings. The van der Waals surface area contributed by atoms with Gasteiger partial charge in [0.05, 0.1) is 0 Å². The summed E-state index contributed by atoms with van der Waals surface area (Å²) in [5.74, 6) is -0.747. The van der Waals surface area contributed by atoms with E-state index >= 15 is 0 Å². The normalized spacial score (nSPS) is 11.5. The lowest BCUT2D eigenvalue weighted by molar-refractivity contribution is -0.122. The molecule has 132 valence electrons. The fraction of sp³-hybridized carbons (Fsp3) is 0.263. The SMILES string of the molecule is CCCNC(=O)c1cccc(NC(=O)C(C)Oc2cccc(F)c2)c1. The number of carbonyl (C=O) groups is 2. The van der Waals surface area contributed by atoms with Crippen molar-refractivity contribution in [3.8, 4) is 5.75 Å². The molecular formula is C19H21FN2O3. The number of ether oxygens (including phenoxy) is 1. The van der Waals surface area contributed by atoms with Crippen molar-refractivity contribution in [2.24, 2.45) is 0 Å². The van der Waals surface area contributed by atoms with Crippen LogP contribution in [0.3, 0.4) is 0 Å². The van der Waals surface area contributed by atoms with Gasteiger partial charge in [-0.05, 0) is 43.7 Å². The van der Waals surface area contributed by atoms with Crippen LogP contribution in [0.5, 0.6) is 5.75 Å².